The second-order valence-electron chi connectivity index (χ2n) is 4.12. The van der Waals surface area contributed by atoms with Crippen LogP contribution in [0.25, 0.3) is 0 Å². The van der Waals surface area contributed by atoms with Crippen LogP contribution in [0.15, 0.2) is 16.6 Å². The number of ether oxygens (including phenoxy) is 2. The summed E-state index contributed by atoms with van der Waals surface area (Å²) in [6.45, 7) is 0.684. The first-order valence-corrected chi connectivity index (χ1v) is 6.21. The molecule has 0 radical (unpaired) electrons. The van der Waals surface area contributed by atoms with Crippen LogP contribution in [-0.4, -0.2) is 19.7 Å². The number of methoxy groups -OCH3 is 1. The molecule has 1 saturated carbocycles. The van der Waals surface area contributed by atoms with Crippen LogP contribution in [0.2, 0.25) is 0 Å². The number of anilines is 1. The van der Waals surface area contributed by atoms with Crippen LogP contribution in [0.5, 0.6) is 5.75 Å². The van der Waals surface area contributed by atoms with Crippen LogP contribution < -0.4 is 10.5 Å². The summed E-state index contributed by atoms with van der Waals surface area (Å²) in [5.41, 5.74) is 6.46. The van der Waals surface area contributed by atoms with Gasteiger partial charge in [0.1, 0.15) is 5.75 Å². The third-order valence-electron chi connectivity index (χ3n) is 2.68. The van der Waals surface area contributed by atoms with Crippen LogP contribution in [-0.2, 0) is 4.74 Å². The maximum absolute atomic E-state index is 11.5. The minimum absolute atomic E-state index is 0.335. The van der Waals surface area contributed by atoms with Crippen LogP contribution in [0.3, 0.4) is 0 Å². The molecular formula is C12H14BrNO3. The lowest BCUT2D eigenvalue weighted by Crippen LogP contribution is -2.07. The molecule has 0 aliphatic heterocycles. The molecule has 17 heavy (non-hydrogen) atoms. The summed E-state index contributed by atoms with van der Waals surface area (Å²) in [6, 6.07) is 3.28. The summed E-state index contributed by atoms with van der Waals surface area (Å²) < 4.78 is 11.1. The molecule has 4 nitrogen and oxygen atoms in total. The molecule has 0 atom stereocenters. The van der Waals surface area contributed by atoms with Crippen molar-refractivity contribution in [2.24, 2.45) is 5.92 Å². The molecular weight excluding hydrogens is 286 g/mol. The van der Waals surface area contributed by atoms with E-state index in [1.165, 1.54) is 20.0 Å². The Labute approximate surface area is 108 Å². The molecule has 0 amide bonds. The Bertz CT molecular complexity index is 444. The summed E-state index contributed by atoms with van der Waals surface area (Å²) in [5, 5.41) is 0. The molecule has 1 aromatic rings. The highest BCUT2D eigenvalue weighted by molar-refractivity contribution is 9.10. The number of carbonyl (C=O) groups excluding carboxylic acids is 1. The Morgan fingerprint density at radius 2 is 2.24 bits per heavy atom. The molecule has 5 heteroatoms. The van der Waals surface area contributed by atoms with Gasteiger partial charge >= 0.3 is 5.97 Å². The van der Waals surface area contributed by atoms with Gasteiger partial charge in [-0.25, -0.2) is 4.79 Å². The Balaban J connectivity index is 2.21. The highest BCUT2D eigenvalue weighted by Crippen LogP contribution is 2.34. The van der Waals surface area contributed by atoms with Crippen LogP contribution in [0, 0.1) is 5.92 Å². The van der Waals surface area contributed by atoms with Gasteiger partial charge in [0, 0.05) is 5.69 Å². The second-order valence-corrected chi connectivity index (χ2v) is 4.97. The van der Waals surface area contributed by atoms with Crippen molar-refractivity contribution in [1.29, 1.82) is 0 Å². The van der Waals surface area contributed by atoms with E-state index in [2.05, 4.69) is 20.7 Å². The smallest absolute Gasteiger partial charge is 0.340 e. The predicted molar refractivity (Wildman–Crippen MR) is 68.1 cm³/mol. The van der Waals surface area contributed by atoms with E-state index in [1.54, 1.807) is 12.1 Å². The molecule has 1 aliphatic rings. The summed E-state index contributed by atoms with van der Waals surface area (Å²) in [7, 11) is 1.33. The fourth-order valence-electron chi connectivity index (χ4n) is 1.46. The highest BCUT2D eigenvalue weighted by atomic mass is 79.9. The van der Waals surface area contributed by atoms with E-state index in [-0.39, 0.29) is 0 Å². The molecule has 0 aromatic heterocycles. The number of carbonyl (C=O) groups is 1. The van der Waals surface area contributed by atoms with Gasteiger partial charge in [0.05, 0.1) is 23.8 Å². The van der Waals surface area contributed by atoms with E-state index in [0.29, 0.717) is 29.5 Å². The Morgan fingerprint density at radius 3 is 2.82 bits per heavy atom. The van der Waals surface area contributed by atoms with Gasteiger partial charge in [-0.1, -0.05) is 0 Å². The van der Waals surface area contributed by atoms with Crippen LogP contribution in [0.4, 0.5) is 5.69 Å². The normalized spacial score (nSPS) is 14.5. The lowest BCUT2D eigenvalue weighted by molar-refractivity contribution is 0.0601. The molecule has 0 saturated heterocycles. The maximum atomic E-state index is 11.5. The van der Waals surface area contributed by atoms with Crippen molar-refractivity contribution in [1.82, 2.24) is 0 Å². The van der Waals surface area contributed by atoms with Gasteiger partial charge in [-0.3, -0.25) is 0 Å². The summed E-state index contributed by atoms with van der Waals surface area (Å²) in [4.78, 5) is 11.5. The molecule has 92 valence electrons. The molecule has 0 unspecified atom stereocenters. The van der Waals surface area contributed by atoms with Crippen LogP contribution in [0.1, 0.15) is 23.2 Å². The second kappa shape index (κ2) is 4.96. The molecule has 0 heterocycles. The zero-order valence-corrected chi connectivity index (χ0v) is 11.1. The van der Waals surface area contributed by atoms with E-state index < -0.39 is 5.97 Å². The molecule has 1 aromatic carbocycles. The maximum Gasteiger partial charge on any atom is 0.340 e. The van der Waals surface area contributed by atoms with Gasteiger partial charge in [-0.05, 0) is 46.8 Å². The standard InChI is InChI=1S/C12H14BrNO3/c1-16-12(15)8-4-11(9(13)5-10(8)14)17-6-7-2-3-7/h4-5,7H,2-3,6,14H2,1H3. The Hall–Kier alpha value is -1.23. The van der Waals surface area contributed by atoms with Crippen molar-refractivity contribution < 1.29 is 14.3 Å². The van der Waals surface area contributed by atoms with E-state index in [4.69, 9.17) is 10.5 Å². The predicted octanol–water partition coefficient (Wildman–Crippen LogP) is 2.61. The topological polar surface area (TPSA) is 61.5 Å². The average Bonchev–Trinajstić information content (AvgIpc) is 3.11. The highest BCUT2D eigenvalue weighted by Gasteiger charge is 2.23. The largest absolute Gasteiger partial charge is 0.492 e. The van der Waals surface area contributed by atoms with Gasteiger partial charge in [0.25, 0.3) is 0 Å². The summed E-state index contributed by atoms with van der Waals surface area (Å²) >= 11 is 3.37. The van der Waals surface area contributed by atoms with E-state index in [1.807, 2.05) is 0 Å². The number of esters is 1. The first-order valence-electron chi connectivity index (χ1n) is 5.42. The zero-order valence-electron chi connectivity index (χ0n) is 9.53. The van der Waals surface area contributed by atoms with Crippen molar-refractivity contribution in [3.8, 4) is 5.75 Å². The number of hydrogen-bond acceptors (Lipinski definition) is 4. The first kappa shape index (κ1) is 12.2. The first-order chi connectivity index (χ1) is 8.11. The minimum Gasteiger partial charge on any atom is -0.492 e. The fourth-order valence-corrected chi connectivity index (χ4v) is 1.93. The van der Waals surface area contributed by atoms with Crippen molar-refractivity contribution in [2.75, 3.05) is 19.5 Å². The molecule has 2 rings (SSSR count). The SMILES string of the molecule is COC(=O)c1cc(OCC2CC2)c(Br)cc1N. The monoisotopic (exact) mass is 299 g/mol. The quantitative estimate of drug-likeness (QED) is 0.686. The molecule has 1 fully saturated rings. The van der Waals surface area contributed by atoms with Gasteiger partial charge in [-0.15, -0.1) is 0 Å². The number of nitrogen functional groups attached to an aromatic ring is 1. The number of benzene rings is 1. The van der Waals surface area contributed by atoms with Crippen molar-refractivity contribution >= 4 is 27.6 Å². The van der Waals surface area contributed by atoms with Crippen molar-refractivity contribution in [2.45, 2.75) is 12.8 Å². The van der Waals surface area contributed by atoms with Gasteiger partial charge < -0.3 is 15.2 Å². The molecule has 1 aliphatic carbocycles. The third kappa shape index (κ3) is 2.91. The lowest BCUT2D eigenvalue weighted by atomic mass is 10.1. The van der Waals surface area contributed by atoms with E-state index in [9.17, 15) is 4.79 Å². The molecule has 2 N–H and O–H groups in total. The Morgan fingerprint density at radius 1 is 1.53 bits per heavy atom. The Kier molecular flexibility index (Phi) is 3.57. The van der Waals surface area contributed by atoms with Gasteiger partial charge in [0.15, 0.2) is 0 Å². The zero-order chi connectivity index (χ0) is 12.4. The number of rotatable bonds is 4. The minimum atomic E-state index is -0.453. The van der Waals surface area contributed by atoms with Gasteiger partial charge in [-0.2, -0.15) is 0 Å². The molecule has 0 bridgehead atoms. The summed E-state index contributed by atoms with van der Waals surface area (Å²) in [6.07, 6.45) is 2.44. The van der Waals surface area contributed by atoms with Crippen molar-refractivity contribution in [3.63, 3.8) is 0 Å². The lowest BCUT2D eigenvalue weighted by Gasteiger charge is -2.11. The van der Waals surface area contributed by atoms with E-state index >= 15 is 0 Å². The number of halogens is 1. The van der Waals surface area contributed by atoms with Crippen LogP contribution >= 0.6 is 15.9 Å². The van der Waals surface area contributed by atoms with E-state index in [0.717, 1.165) is 4.47 Å². The average molecular weight is 300 g/mol. The summed E-state index contributed by atoms with van der Waals surface area (Å²) in [5.74, 6) is 0.832. The third-order valence-corrected chi connectivity index (χ3v) is 3.30. The number of hydrogen-bond donors (Lipinski definition) is 1. The molecule has 0 spiro atoms. The van der Waals surface area contributed by atoms with Gasteiger partial charge in [0.2, 0.25) is 0 Å². The fraction of sp³-hybridized carbons (Fsp3) is 0.417. The van der Waals surface area contributed by atoms with Crippen molar-refractivity contribution in [3.05, 3.63) is 22.2 Å². The number of nitrogens with two attached hydrogens (primary N) is 1.